The number of fused-ring (bicyclic) bond motifs is 1. The summed E-state index contributed by atoms with van der Waals surface area (Å²) in [5, 5.41) is 0. The van der Waals surface area contributed by atoms with Crippen LogP contribution < -0.4 is 4.74 Å². The van der Waals surface area contributed by atoms with E-state index in [0.717, 1.165) is 12.1 Å². The van der Waals surface area contributed by atoms with Gasteiger partial charge in [-0.1, -0.05) is 0 Å². The van der Waals surface area contributed by atoms with Crippen LogP contribution in [0.1, 0.15) is 11.5 Å². The summed E-state index contributed by atoms with van der Waals surface area (Å²) in [4.78, 5) is 0. The van der Waals surface area contributed by atoms with E-state index >= 15 is 0 Å². The Morgan fingerprint density at radius 1 is 1.22 bits per heavy atom. The maximum atomic E-state index is 13.9. The molecule has 1 aromatic carbocycles. The normalized spacial score (nSPS) is 33.3. The summed E-state index contributed by atoms with van der Waals surface area (Å²) >= 11 is 0. The molecular formula is C13H14F2O3. The van der Waals surface area contributed by atoms with Gasteiger partial charge in [-0.05, 0) is 18.1 Å². The predicted octanol–water partition coefficient (Wildman–Crippen LogP) is 2.31. The van der Waals surface area contributed by atoms with E-state index in [1.54, 1.807) is 7.11 Å². The quantitative estimate of drug-likeness (QED) is 0.830. The minimum absolute atomic E-state index is 0.00394. The minimum Gasteiger partial charge on any atom is -0.493 e. The van der Waals surface area contributed by atoms with Crippen molar-refractivity contribution in [2.75, 3.05) is 20.8 Å². The molecule has 0 radical (unpaired) electrons. The molecular weight excluding hydrogens is 242 g/mol. The zero-order valence-electron chi connectivity index (χ0n) is 10.2. The third-order valence-electron chi connectivity index (χ3n) is 3.86. The molecule has 1 heterocycles. The van der Waals surface area contributed by atoms with Crippen molar-refractivity contribution in [3.8, 4) is 5.75 Å². The van der Waals surface area contributed by atoms with Crippen LogP contribution in [0.25, 0.3) is 0 Å². The molecule has 1 aliphatic carbocycles. The maximum absolute atomic E-state index is 13.9. The molecule has 3 rings (SSSR count). The van der Waals surface area contributed by atoms with E-state index in [1.165, 1.54) is 7.11 Å². The molecule has 2 aliphatic rings. The number of halogens is 2. The fraction of sp³-hybridized carbons (Fsp3) is 0.538. The molecule has 98 valence electrons. The number of hydrogen-bond donors (Lipinski definition) is 0. The molecule has 0 amide bonds. The van der Waals surface area contributed by atoms with Gasteiger partial charge in [0.05, 0.1) is 13.7 Å². The second kappa shape index (κ2) is 4.17. The Hall–Kier alpha value is -1.20. The molecule has 0 bridgehead atoms. The van der Waals surface area contributed by atoms with Crippen molar-refractivity contribution < 1.29 is 23.0 Å². The highest BCUT2D eigenvalue weighted by atomic mass is 19.1. The van der Waals surface area contributed by atoms with Crippen molar-refractivity contribution >= 4 is 0 Å². The summed E-state index contributed by atoms with van der Waals surface area (Å²) in [6.45, 7) is 0.521. The largest absolute Gasteiger partial charge is 0.493 e. The van der Waals surface area contributed by atoms with Crippen LogP contribution in [0.3, 0.4) is 0 Å². The fourth-order valence-corrected chi connectivity index (χ4v) is 3.00. The Kier molecular flexibility index (Phi) is 2.75. The van der Waals surface area contributed by atoms with Gasteiger partial charge in [0, 0.05) is 24.5 Å². The van der Waals surface area contributed by atoms with Gasteiger partial charge >= 0.3 is 0 Å². The van der Waals surface area contributed by atoms with E-state index in [0.29, 0.717) is 12.2 Å². The SMILES string of the molecule is COc1c(F)ccc(F)c1[C@H]1[C@H]2CO[C@H](OC)[C@H]21. The first-order chi connectivity index (χ1) is 8.69. The zero-order chi connectivity index (χ0) is 12.9. The predicted molar refractivity (Wildman–Crippen MR) is 59.4 cm³/mol. The van der Waals surface area contributed by atoms with E-state index in [-0.39, 0.29) is 29.8 Å². The number of methoxy groups -OCH3 is 2. The Morgan fingerprint density at radius 2 is 1.94 bits per heavy atom. The van der Waals surface area contributed by atoms with E-state index in [4.69, 9.17) is 14.2 Å². The first-order valence-electron chi connectivity index (χ1n) is 5.85. The van der Waals surface area contributed by atoms with Gasteiger partial charge in [-0.15, -0.1) is 0 Å². The summed E-state index contributed by atoms with van der Waals surface area (Å²) in [7, 11) is 2.91. The van der Waals surface area contributed by atoms with Gasteiger partial charge in [-0.2, -0.15) is 0 Å². The molecule has 4 atom stereocenters. The van der Waals surface area contributed by atoms with Crippen molar-refractivity contribution in [2.45, 2.75) is 12.2 Å². The van der Waals surface area contributed by atoms with E-state index in [2.05, 4.69) is 0 Å². The van der Waals surface area contributed by atoms with Crippen LogP contribution in [0.2, 0.25) is 0 Å². The molecule has 0 N–H and O–H groups in total. The minimum atomic E-state index is -0.534. The number of ether oxygens (including phenoxy) is 3. The lowest BCUT2D eigenvalue weighted by Crippen LogP contribution is -2.16. The molecule has 1 saturated carbocycles. The van der Waals surface area contributed by atoms with Crippen LogP contribution in [0.15, 0.2) is 12.1 Å². The van der Waals surface area contributed by atoms with Crippen LogP contribution in [0, 0.1) is 23.5 Å². The molecule has 0 unspecified atom stereocenters. The topological polar surface area (TPSA) is 27.7 Å². The fourth-order valence-electron chi connectivity index (χ4n) is 3.00. The molecule has 18 heavy (non-hydrogen) atoms. The van der Waals surface area contributed by atoms with Crippen molar-refractivity contribution in [1.82, 2.24) is 0 Å². The maximum Gasteiger partial charge on any atom is 0.165 e. The van der Waals surface area contributed by atoms with E-state index < -0.39 is 11.6 Å². The highest BCUT2D eigenvalue weighted by Gasteiger charge is 2.62. The third kappa shape index (κ3) is 1.54. The van der Waals surface area contributed by atoms with Gasteiger partial charge in [0.2, 0.25) is 0 Å². The third-order valence-corrected chi connectivity index (χ3v) is 3.86. The molecule has 3 nitrogen and oxygen atoms in total. The average Bonchev–Trinajstić information content (AvgIpc) is 2.91. The van der Waals surface area contributed by atoms with Crippen LogP contribution in [0.5, 0.6) is 5.75 Å². The average molecular weight is 256 g/mol. The highest BCUT2D eigenvalue weighted by Crippen LogP contribution is 2.62. The first kappa shape index (κ1) is 11.9. The molecule has 1 saturated heterocycles. The number of rotatable bonds is 3. The standard InChI is InChI=1S/C13H14F2O3/c1-16-12-8(15)4-3-7(14)11(12)9-6-5-18-13(17-2)10(6)9/h3-4,6,9-10,13H,5H2,1-2H3/t6-,9+,10-,13+/m1/s1. The Labute approximate surface area is 104 Å². The van der Waals surface area contributed by atoms with Crippen molar-refractivity contribution in [3.63, 3.8) is 0 Å². The summed E-state index contributed by atoms with van der Waals surface area (Å²) in [6, 6.07) is 2.23. The van der Waals surface area contributed by atoms with Gasteiger partial charge in [0.25, 0.3) is 0 Å². The zero-order valence-corrected chi connectivity index (χ0v) is 10.2. The van der Waals surface area contributed by atoms with E-state index in [1.807, 2.05) is 0 Å². The smallest absolute Gasteiger partial charge is 0.165 e. The summed E-state index contributed by atoms with van der Waals surface area (Å²) in [5.41, 5.74) is 0.317. The van der Waals surface area contributed by atoms with Crippen LogP contribution in [-0.4, -0.2) is 27.1 Å². The number of hydrogen-bond acceptors (Lipinski definition) is 3. The van der Waals surface area contributed by atoms with Gasteiger partial charge in [0.15, 0.2) is 17.9 Å². The van der Waals surface area contributed by atoms with Crippen molar-refractivity contribution in [3.05, 3.63) is 29.3 Å². The lowest BCUT2D eigenvalue weighted by Gasteiger charge is -2.16. The van der Waals surface area contributed by atoms with Crippen molar-refractivity contribution in [2.24, 2.45) is 11.8 Å². The summed E-state index contributed by atoms with van der Waals surface area (Å²) < 4.78 is 43.1. The summed E-state index contributed by atoms with van der Waals surface area (Å²) in [6.07, 6.45) is -0.327. The first-order valence-corrected chi connectivity index (χ1v) is 5.85. The Bertz CT molecular complexity index is 478. The Morgan fingerprint density at radius 3 is 2.61 bits per heavy atom. The Balaban J connectivity index is 1.97. The second-order valence-electron chi connectivity index (χ2n) is 4.68. The monoisotopic (exact) mass is 256 g/mol. The second-order valence-corrected chi connectivity index (χ2v) is 4.68. The molecule has 0 spiro atoms. The lowest BCUT2D eigenvalue weighted by molar-refractivity contribution is -0.111. The van der Waals surface area contributed by atoms with Gasteiger partial charge < -0.3 is 14.2 Å². The van der Waals surface area contributed by atoms with Gasteiger partial charge in [-0.25, -0.2) is 8.78 Å². The molecule has 0 aromatic heterocycles. The van der Waals surface area contributed by atoms with Gasteiger partial charge in [0.1, 0.15) is 5.82 Å². The van der Waals surface area contributed by atoms with Gasteiger partial charge in [-0.3, -0.25) is 0 Å². The summed E-state index contributed by atoms with van der Waals surface area (Å²) in [5.74, 6) is -0.741. The van der Waals surface area contributed by atoms with Crippen LogP contribution in [-0.2, 0) is 9.47 Å². The van der Waals surface area contributed by atoms with Crippen LogP contribution >= 0.6 is 0 Å². The molecule has 2 fully saturated rings. The highest BCUT2D eigenvalue weighted by molar-refractivity contribution is 5.44. The molecule has 5 heteroatoms. The number of benzene rings is 1. The van der Waals surface area contributed by atoms with E-state index in [9.17, 15) is 8.78 Å². The molecule has 1 aliphatic heterocycles. The molecule has 1 aromatic rings. The lowest BCUT2D eigenvalue weighted by atomic mass is 10.0. The van der Waals surface area contributed by atoms with Crippen molar-refractivity contribution in [1.29, 1.82) is 0 Å². The van der Waals surface area contributed by atoms with Crippen LogP contribution in [0.4, 0.5) is 8.78 Å².